The van der Waals surface area contributed by atoms with E-state index in [0.29, 0.717) is 18.9 Å². The second-order valence-electron chi connectivity index (χ2n) is 3.76. The van der Waals surface area contributed by atoms with Gasteiger partial charge in [0.25, 0.3) is 0 Å². The largest absolute Gasteiger partial charge is 0.390 e. The molecule has 102 valence electrons. The van der Waals surface area contributed by atoms with Gasteiger partial charge in [-0.05, 0) is 18.5 Å². The van der Waals surface area contributed by atoms with Crippen molar-refractivity contribution >= 4 is 17.4 Å². The van der Waals surface area contributed by atoms with Gasteiger partial charge in [0.05, 0.1) is 31.6 Å². The smallest absolute Gasteiger partial charge is 0.224 e. The number of morpholine rings is 1. The van der Waals surface area contributed by atoms with Gasteiger partial charge in [0.15, 0.2) is 0 Å². The molecule has 0 amide bonds. The van der Waals surface area contributed by atoms with Crippen LogP contribution in [0.15, 0.2) is 6.07 Å². The van der Waals surface area contributed by atoms with Gasteiger partial charge < -0.3 is 14.7 Å². The molecule has 1 N–H and O–H groups in total. The first-order valence-corrected chi connectivity index (χ1v) is 6.57. The third kappa shape index (κ3) is 3.80. The predicted molar refractivity (Wildman–Crippen MR) is 71.9 cm³/mol. The molecule has 1 aliphatic heterocycles. The average Bonchev–Trinajstić information content (AvgIpc) is 2.41. The minimum atomic E-state index is -0.131. The first-order valence-electron chi connectivity index (χ1n) is 6.19. The maximum absolute atomic E-state index is 9.06. The topological polar surface area (TPSA) is 58.5 Å². The number of anilines is 1. The van der Waals surface area contributed by atoms with E-state index in [9.17, 15) is 0 Å². The Hall–Kier alpha value is -0.910. The van der Waals surface area contributed by atoms with E-state index in [-0.39, 0.29) is 17.9 Å². The summed E-state index contributed by atoms with van der Waals surface area (Å²) in [6, 6.07) is 2.01. The lowest BCUT2D eigenvalue weighted by molar-refractivity contribution is 0.0985. The summed E-state index contributed by atoms with van der Waals surface area (Å²) in [5.41, 5.74) is 0.536. The molecular formula is C12H20ClN3O2. The molecule has 2 rings (SSSR count). The maximum Gasteiger partial charge on any atom is 0.224 e. The zero-order valence-corrected chi connectivity index (χ0v) is 11.8. The van der Waals surface area contributed by atoms with Gasteiger partial charge in [-0.3, -0.25) is 0 Å². The summed E-state index contributed by atoms with van der Waals surface area (Å²) in [6.07, 6.45) is 0. The molecule has 1 aliphatic rings. The molecule has 0 unspecified atom stereocenters. The lowest BCUT2D eigenvalue weighted by atomic mass is 10.2. The highest BCUT2D eigenvalue weighted by atomic mass is 35.5. The average molecular weight is 274 g/mol. The van der Waals surface area contributed by atoms with Gasteiger partial charge in [0.2, 0.25) is 5.28 Å². The molecule has 0 radical (unpaired) electrons. The molecule has 1 aromatic heterocycles. The molecule has 1 aromatic rings. The number of nitrogens with zero attached hydrogens (tertiary/aromatic N) is 3. The zero-order chi connectivity index (χ0) is 13.5. The Bertz CT molecular complexity index is 376. The zero-order valence-electron chi connectivity index (χ0n) is 11.1. The summed E-state index contributed by atoms with van der Waals surface area (Å²) in [6.45, 7) is 8.07. The van der Waals surface area contributed by atoms with E-state index in [1.807, 2.05) is 13.8 Å². The third-order valence-electron chi connectivity index (χ3n) is 2.56. The lowest BCUT2D eigenvalue weighted by Crippen LogP contribution is -2.44. The summed E-state index contributed by atoms with van der Waals surface area (Å²) in [5, 5.41) is 9.23. The Labute approximate surface area is 113 Å². The monoisotopic (exact) mass is 273 g/mol. The van der Waals surface area contributed by atoms with Crippen LogP contribution in [0.25, 0.3) is 0 Å². The highest BCUT2D eigenvalue weighted by molar-refractivity contribution is 6.28. The fourth-order valence-electron chi connectivity index (χ4n) is 1.75. The molecule has 0 saturated carbocycles. The van der Waals surface area contributed by atoms with Crippen molar-refractivity contribution in [2.75, 3.05) is 24.7 Å². The van der Waals surface area contributed by atoms with E-state index in [0.717, 1.165) is 12.4 Å². The van der Waals surface area contributed by atoms with Crippen molar-refractivity contribution in [3.8, 4) is 0 Å². The molecule has 2 heterocycles. The molecule has 1 fully saturated rings. The number of aliphatic hydroxyl groups excluding tert-OH is 1. The molecule has 1 atom stereocenters. The molecule has 0 spiro atoms. The fourth-order valence-corrected chi connectivity index (χ4v) is 1.94. The fraction of sp³-hybridized carbons (Fsp3) is 0.667. The predicted octanol–water partition coefficient (Wildman–Crippen LogP) is 1.87. The maximum atomic E-state index is 9.06. The minimum absolute atomic E-state index is 0.131. The SMILES string of the molecule is CC.C[C@H]1COCCN1c1cc(CO)nc(Cl)n1. The first-order chi connectivity index (χ1) is 8.70. The van der Waals surface area contributed by atoms with E-state index < -0.39 is 0 Å². The number of halogens is 1. The normalized spacial score (nSPS) is 19.2. The van der Waals surface area contributed by atoms with Gasteiger partial charge in [-0.1, -0.05) is 13.8 Å². The second-order valence-corrected chi connectivity index (χ2v) is 4.10. The van der Waals surface area contributed by atoms with Crippen molar-refractivity contribution in [1.82, 2.24) is 9.97 Å². The quantitative estimate of drug-likeness (QED) is 0.834. The summed E-state index contributed by atoms with van der Waals surface area (Å²) < 4.78 is 5.35. The summed E-state index contributed by atoms with van der Waals surface area (Å²) >= 11 is 5.80. The van der Waals surface area contributed by atoms with Gasteiger partial charge in [0.1, 0.15) is 5.82 Å². The van der Waals surface area contributed by atoms with E-state index in [1.54, 1.807) is 6.07 Å². The number of aliphatic hydroxyl groups is 1. The molecular weight excluding hydrogens is 254 g/mol. The lowest BCUT2D eigenvalue weighted by Gasteiger charge is -2.34. The van der Waals surface area contributed by atoms with Gasteiger partial charge in [-0.15, -0.1) is 0 Å². The van der Waals surface area contributed by atoms with E-state index in [2.05, 4.69) is 21.8 Å². The van der Waals surface area contributed by atoms with Crippen LogP contribution in [-0.2, 0) is 11.3 Å². The number of rotatable bonds is 2. The van der Waals surface area contributed by atoms with Gasteiger partial charge in [0, 0.05) is 12.6 Å². The molecule has 0 aliphatic carbocycles. The van der Waals surface area contributed by atoms with Crippen LogP contribution < -0.4 is 4.90 Å². The Balaban J connectivity index is 0.000000771. The van der Waals surface area contributed by atoms with E-state index in [4.69, 9.17) is 21.4 Å². The summed E-state index contributed by atoms with van der Waals surface area (Å²) in [5.74, 6) is 0.750. The van der Waals surface area contributed by atoms with Crippen molar-refractivity contribution < 1.29 is 9.84 Å². The van der Waals surface area contributed by atoms with Crippen molar-refractivity contribution in [1.29, 1.82) is 0 Å². The third-order valence-corrected chi connectivity index (χ3v) is 2.73. The van der Waals surface area contributed by atoms with Gasteiger partial charge in [-0.2, -0.15) is 0 Å². The molecule has 18 heavy (non-hydrogen) atoms. The Morgan fingerprint density at radius 2 is 2.22 bits per heavy atom. The van der Waals surface area contributed by atoms with Crippen LogP contribution in [0.2, 0.25) is 5.28 Å². The second kappa shape index (κ2) is 7.51. The number of hydrogen-bond acceptors (Lipinski definition) is 5. The van der Waals surface area contributed by atoms with Crippen molar-refractivity contribution in [2.45, 2.75) is 33.4 Å². The highest BCUT2D eigenvalue weighted by Gasteiger charge is 2.21. The Morgan fingerprint density at radius 1 is 1.50 bits per heavy atom. The standard InChI is InChI=1S/C10H14ClN3O2.C2H6/c1-7-6-16-3-2-14(7)9-4-8(5-15)12-10(11)13-9;1-2/h4,7,15H,2-3,5-6H2,1H3;1-2H3/t7-;/m0./s1. The van der Waals surface area contributed by atoms with Crippen LogP contribution >= 0.6 is 11.6 Å². The molecule has 0 aromatic carbocycles. The molecule has 5 nitrogen and oxygen atoms in total. The first kappa shape index (κ1) is 15.1. The van der Waals surface area contributed by atoms with Crippen molar-refractivity contribution in [2.24, 2.45) is 0 Å². The molecule has 6 heteroatoms. The van der Waals surface area contributed by atoms with Crippen molar-refractivity contribution in [3.63, 3.8) is 0 Å². The number of ether oxygens (including phenoxy) is 1. The highest BCUT2D eigenvalue weighted by Crippen LogP contribution is 2.19. The van der Waals surface area contributed by atoms with E-state index in [1.165, 1.54) is 0 Å². The van der Waals surface area contributed by atoms with Crippen LogP contribution in [0.1, 0.15) is 26.5 Å². The van der Waals surface area contributed by atoms with Crippen LogP contribution in [0, 0.1) is 0 Å². The Kier molecular flexibility index (Phi) is 6.32. The van der Waals surface area contributed by atoms with Crippen LogP contribution in [0.5, 0.6) is 0 Å². The van der Waals surface area contributed by atoms with E-state index >= 15 is 0 Å². The molecule has 1 saturated heterocycles. The van der Waals surface area contributed by atoms with Crippen LogP contribution in [-0.4, -0.2) is 40.9 Å². The van der Waals surface area contributed by atoms with Gasteiger partial charge in [-0.25, -0.2) is 9.97 Å². The summed E-state index contributed by atoms with van der Waals surface area (Å²) in [7, 11) is 0. The Morgan fingerprint density at radius 3 is 2.83 bits per heavy atom. The minimum Gasteiger partial charge on any atom is -0.390 e. The summed E-state index contributed by atoms with van der Waals surface area (Å²) in [4.78, 5) is 10.2. The van der Waals surface area contributed by atoms with Crippen LogP contribution in [0.3, 0.4) is 0 Å². The van der Waals surface area contributed by atoms with Gasteiger partial charge >= 0.3 is 0 Å². The number of aromatic nitrogens is 2. The molecule has 0 bridgehead atoms. The van der Waals surface area contributed by atoms with Crippen molar-refractivity contribution in [3.05, 3.63) is 17.0 Å². The number of hydrogen-bond donors (Lipinski definition) is 1. The van der Waals surface area contributed by atoms with Crippen LogP contribution in [0.4, 0.5) is 5.82 Å².